The lowest BCUT2D eigenvalue weighted by Crippen LogP contribution is -2.49. The van der Waals surface area contributed by atoms with E-state index in [2.05, 4.69) is 98.7 Å². The van der Waals surface area contributed by atoms with Gasteiger partial charge in [-0.2, -0.15) is 0 Å². The third-order valence-corrected chi connectivity index (χ3v) is 7.20. The SMILES string of the molecule is C=C(N(C)CN1CCN(C)CC1)N1c2ccccc2Pc2ccc(Br)cc21. The van der Waals surface area contributed by atoms with Crippen LogP contribution in [-0.2, 0) is 0 Å². The van der Waals surface area contributed by atoms with E-state index in [1.54, 1.807) is 0 Å². The van der Waals surface area contributed by atoms with E-state index in [-0.39, 0.29) is 0 Å². The number of para-hydroxylation sites is 1. The van der Waals surface area contributed by atoms with Crippen molar-refractivity contribution < 1.29 is 0 Å². The van der Waals surface area contributed by atoms with Crippen LogP contribution in [0.25, 0.3) is 0 Å². The molecule has 2 heterocycles. The van der Waals surface area contributed by atoms with Crippen molar-refractivity contribution >= 4 is 46.5 Å². The lowest BCUT2D eigenvalue weighted by Gasteiger charge is -2.41. The number of halogens is 1. The Morgan fingerprint density at radius 2 is 1.78 bits per heavy atom. The molecule has 0 aromatic heterocycles. The van der Waals surface area contributed by atoms with Gasteiger partial charge in [-0.15, -0.1) is 0 Å². The zero-order chi connectivity index (χ0) is 19.0. The average Bonchev–Trinajstić information content (AvgIpc) is 2.67. The highest BCUT2D eigenvalue weighted by atomic mass is 79.9. The fourth-order valence-electron chi connectivity index (χ4n) is 3.66. The van der Waals surface area contributed by atoms with Crippen molar-refractivity contribution in [2.75, 3.05) is 51.8 Å². The van der Waals surface area contributed by atoms with Gasteiger partial charge in [-0.25, -0.2) is 0 Å². The number of anilines is 2. The molecule has 0 amide bonds. The van der Waals surface area contributed by atoms with E-state index in [4.69, 9.17) is 0 Å². The van der Waals surface area contributed by atoms with Crippen LogP contribution in [0.1, 0.15) is 0 Å². The van der Waals surface area contributed by atoms with Crippen LogP contribution >= 0.6 is 24.5 Å². The van der Waals surface area contributed by atoms with Gasteiger partial charge in [0.25, 0.3) is 0 Å². The Morgan fingerprint density at radius 3 is 2.56 bits per heavy atom. The Morgan fingerprint density at radius 1 is 1.07 bits per heavy atom. The third kappa shape index (κ3) is 3.93. The molecule has 0 spiro atoms. The molecule has 27 heavy (non-hydrogen) atoms. The Labute approximate surface area is 172 Å². The minimum atomic E-state index is 0.677. The molecular weight excluding hydrogens is 419 g/mol. The number of benzene rings is 2. The Bertz CT molecular complexity index is 848. The third-order valence-electron chi connectivity index (χ3n) is 5.32. The summed E-state index contributed by atoms with van der Waals surface area (Å²) >= 11 is 3.65. The second-order valence-corrected chi connectivity index (χ2v) is 9.56. The van der Waals surface area contributed by atoms with Crippen LogP contribution in [0.3, 0.4) is 0 Å². The number of rotatable bonds is 4. The van der Waals surface area contributed by atoms with E-state index in [9.17, 15) is 0 Å². The summed E-state index contributed by atoms with van der Waals surface area (Å²) in [4.78, 5) is 9.49. The van der Waals surface area contributed by atoms with Crippen LogP contribution in [-0.4, -0.2) is 61.6 Å². The first-order valence-electron chi connectivity index (χ1n) is 9.29. The largest absolute Gasteiger partial charge is 0.348 e. The van der Waals surface area contributed by atoms with Crippen molar-refractivity contribution in [2.45, 2.75) is 0 Å². The van der Waals surface area contributed by atoms with Gasteiger partial charge in [-0.1, -0.05) is 55.4 Å². The van der Waals surface area contributed by atoms with Gasteiger partial charge >= 0.3 is 0 Å². The number of fused-ring (bicyclic) bond motifs is 2. The van der Waals surface area contributed by atoms with Crippen molar-refractivity contribution in [3.05, 3.63) is 59.3 Å². The highest BCUT2D eigenvalue weighted by Gasteiger charge is 2.27. The van der Waals surface area contributed by atoms with E-state index in [0.29, 0.717) is 8.58 Å². The molecule has 0 radical (unpaired) electrons. The van der Waals surface area contributed by atoms with Gasteiger partial charge < -0.3 is 9.80 Å². The minimum Gasteiger partial charge on any atom is -0.348 e. The lowest BCUT2D eigenvalue weighted by molar-refractivity contribution is 0.110. The molecule has 2 aliphatic heterocycles. The van der Waals surface area contributed by atoms with Crippen molar-refractivity contribution in [2.24, 2.45) is 0 Å². The molecule has 142 valence electrons. The second kappa shape index (κ2) is 7.92. The molecule has 1 atom stereocenters. The molecule has 0 bridgehead atoms. The van der Waals surface area contributed by atoms with Crippen molar-refractivity contribution in [1.29, 1.82) is 0 Å². The second-order valence-electron chi connectivity index (χ2n) is 7.32. The molecule has 2 aliphatic rings. The zero-order valence-corrected chi connectivity index (χ0v) is 18.5. The summed E-state index contributed by atoms with van der Waals surface area (Å²) in [5.74, 6) is 1.02. The molecule has 1 unspecified atom stereocenters. The van der Waals surface area contributed by atoms with Crippen LogP contribution in [0.4, 0.5) is 11.4 Å². The predicted octanol–water partition coefficient (Wildman–Crippen LogP) is 3.14. The minimum absolute atomic E-state index is 0.677. The molecule has 4 nitrogen and oxygen atoms in total. The summed E-state index contributed by atoms with van der Waals surface area (Å²) in [6.45, 7) is 9.86. The standard InChI is InChI=1S/C21H26BrN4P/c1-16(24(3)15-25-12-10-23(2)11-13-25)26-18-6-4-5-7-20(18)27-21-9-8-17(22)14-19(21)26/h4-9,14,27H,1,10-13,15H2,2-3H3. The summed E-state index contributed by atoms with van der Waals surface area (Å²) in [5.41, 5.74) is 2.48. The quantitative estimate of drug-likeness (QED) is 0.671. The Hall–Kier alpha value is -1.39. The zero-order valence-electron chi connectivity index (χ0n) is 16.0. The van der Waals surface area contributed by atoms with Gasteiger partial charge in [0.05, 0.1) is 18.0 Å². The van der Waals surface area contributed by atoms with E-state index in [1.807, 2.05) is 0 Å². The van der Waals surface area contributed by atoms with Crippen LogP contribution in [0.15, 0.2) is 59.3 Å². The van der Waals surface area contributed by atoms with Gasteiger partial charge in [0.15, 0.2) is 0 Å². The topological polar surface area (TPSA) is 13.0 Å². The number of hydrogen-bond donors (Lipinski definition) is 0. The van der Waals surface area contributed by atoms with Crippen LogP contribution in [0.5, 0.6) is 0 Å². The number of piperazine rings is 1. The first kappa shape index (κ1) is 18.9. The summed E-state index contributed by atoms with van der Waals surface area (Å²) in [7, 11) is 5.02. The van der Waals surface area contributed by atoms with Crippen molar-refractivity contribution in [3.63, 3.8) is 0 Å². The summed E-state index contributed by atoms with van der Waals surface area (Å²) in [6, 6.07) is 15.3. The number of hydrogen-bond acceptors (Lipinski definition) is 4. The molecule has 1 fully saturated rings. The van der Waals surface area contributed by atoms with Gasteiger partial charge in [0.1, 0.15) is 5.82 Å². The summed E-state index contributed by atoms with van der Waals surface area (Å²) in [5, 5.41) is 2.74. The van der Waals surface area contributed by atoms with Gasteiger partial charge in [0.2, 0.25) is 0 Å². The summed E-state index contributed by atoms with van der Waals surface area (Å²) in [6.07, 6.45) is 0. The summed E-state index contributed by atoms with van der Waals surface area (Å²) < 4.78 is 1.10. The molecule has 0 aliphatic carbocycles. The molecular formula is C21H26BrN4P. The Balaban J connectivity index is 1.62. The van der Waals surface area contributed by atoms with Crippen molar-refractivity contribution in [3.8, 4) is 0 Å². The average molecular weight is 445 g/mol. The highest BCUT2D eigenvalue weighted by Crippen LogP contribution is 2.39. The van der Waals surface area contributed by atoms with E-state index >= 15 is 0 Å². The maximum Gasteiger partial charge on any atom is 0.106 e. The molecule has 6 heteroatoms. The maximum atomic E-state index is 4.49. The molecule has 1 saturated heterocycles. The molecule has 2 aromatic rings. The van der Waals surface area contributed by atoms with Crippen molar-refractivity contribution in [1.82, 2.24) is 14.7 Å². The Kier molecular flexibility index (Phi) is 5.56. The monoisotopic (exact) mass is 444 g/mol. The highest BCUT2D eigenvalue weighted by molar-refractivity contribution is 9.10. The first-order valence-corrected chi connectivity index (χ1v) is 11.1. The molecule has 4 rings (SSSR count). The number of likely N-dealkylation sites (N-methyl/N-ethyl adjacent to an activating group) is 1. The predicted molar refractivity (Wildman–Crippen MR) is 121 cm³/mol. The lowest BCUT2D eigenvalue weighted by atomic mass is 10.2. The fourth-order valence-corrected chi connectivity index (χ4v) is 5.29. The van der Waals surface area contributed by atoms with Crippen LogP contribution in [0, 0.1) is 0 Å². The molecule has 0 N–H and O–H groups in total. The molecule has 2 aromatic carbocycles. The normalized spacial score (nSPS) is 18.3. The van der Waals surface area contributed by atoms with Crippen LogP contribution < -0.4 is 15.5 Å². The molecule has 0 saturated carbocycles. The van der Waals surface area contributed by atoms with Gasteiger partial charge in [0, 0.05) is 48.3 Å². The van der Waals surface area contributed by atoms with Crippen LogP contribution in [0.2, 0.25) is 0 Å². The van der Waals surface area contributed by atoms with E-state index in [1.165, 1.54) is 22.0 Å². The van der Waals surface area contributed by atoms with E-state index in [0.717, 1.165) is 43.1 Å². The number of nitrogens with zero attached hydrogens (tertiary/aromatic N) is 4. The first-order chi connectivity index (χ1) is 13.0. The maximum absolute atomic E-state index is 4.49. The van der Waals surface area contributed by atoms with E-state index < -0.39 is 0 Å². The van der Waals surface area contributed by atoms with Gasteiger partial charge in [-0.05, 0) is 25.2 Å². The smallest absolute Gasteiger partial charge is 0.106 e. The fraction of sp³-hybridized carbons (Fsp3) is 0.333. The van der Waals surface area contributed by atoms with Gasteiger partial charge in [-0.3, -0.25) is 9.80 Å².